The quantitative estimate of drug-likeness (QED) is 0.652. The van der Waals surface area contributed by atoms with Crippen molar-refractivity contribution < 1.29 is 5.11 Å². The van der Waals surface area contributed by atoms with Crippen molar-refractivity contribution in [2.24, 2.45) is 5.73 Å². The summed E-state index contributed by atoms with van der Waals surface area (Å²) in [4.78, 5) is 2.31. The number of nitrogens with two attached hydrogens (primary N) is 1. The average Bonchev–Trinajstić information content (AvgIpc) is 2.13. The van der Waals surface area contributed by atoms with Gasteiger partial charge in [0.05, 0.1) is 6.61 Å². The molecule has 0 amide bonds. The summed E-state index contributed by atoms with van der Waals surface area (Å²) in [5, 5.41) is 9.06. The van der Waals surface area contributed by atoms with Crippen LogP contribution in [0.3, 0.4) is 0 Å². The number of unbranched alkanes of at least 4 members (excludes halogenated alkanes) is 1. The molecule has 0 aliphatic rings. The largest absolute Gasteiger partial charge is 0.394 e. The van der Waals surface area contributed by atoms with E-state index in [4.69, 9.17) is 10.8 Å². The molecule has 0 spiro atoms. The first-order chi connectivity index (χ1) is 6.43. The van der Waals surface area contributed by atoms with Gasteiger partial charge >= 0.3 is 0 Å². The summed E-state index contributed by atoms with van der Waals surface area (Å²) in [5.41, 5.74) is 5.46. The minimum Gasteiger partial charge on any atom is -0.394 e. The first-order valence-corrected chi connectivity index (χ1v) is 5.53. The lowest BCUT2D eigenvalue weighted by atomic mass is 9.95. The summed E-state index contributed by atoms with van der Waals surface area (Å²) in [6, 6.07) is 0.434. The normalized spacial score (nSPS) is 18.2. The van der Waals surface area contributed by atoms with Crippen LogP contribution in [-0.4, -0.2) is 41.8 Å². The standard InChI is InChI=1S/C11H26N2O/c1-5-6-7-13(4)10(2)8-11(3,12)9-14/h10,14H,5-9,12H2,1-4H3. The van der Waals surface area contributed by atoms with E-state index in [0.29, 0.717) is 6.04 Å². The van der Waals surface area contributed by atoms with Crippen molar-refractivity contribution in [1.29, 1.82) is 0 Å². The van der Waals surface area contributed by atoms with E-state index in [9.17, 15) is 0 Å². The molecular weight excluding hydrogens is 176 g/mol. The van der Waals surface area contributed by atoms with Crippen molar-refractivity contribution in [3.8, 4) is 0 Å². The molecule has 2 unspecified atom stereocenters. The molecule has 0 fully saturated rings. The van der Waals surface area contributed by atoms with E-state index in [-0.39, 0.29) is 6.61 Å². The van der Waals surface area contributed by atoms with Crippen LogP contribution < -0.4 is 5.73 Å². The van der Waals surface area contributed by atoms with Crippen LogP contribution in [0.4, 0.5) is 0 Å². The van der Waals surface area contributed by atoms with Gasteiger partial charge in [-0.2, -0.15) is 0 Å². The zero-order valence-corrected chi connectivity index (χ0v) is 10.1. The smallest absolute Gasteiger partial charge is 0.0609 e. The van der Waals surface area contributed by atoms with Crippen LogP contribution in [0.15, 0.2) is 0 Å². The van der Waals surface area contributed by atoms with E-state index in [1.54, 1.807) is 0 Å². The summed E-state index contributed by atoms with van der Waals surface area (Å²) < 4.78 is 0. The Morgan fingerprint density at radius 2 is 2.07 bits per heavy atom. The number of rotatable bonds is 7. The summed E-state index contributed by atoms with van der Waals surface area (Å²) in [7, 11) is 2.12. The van der Waals surface area contributed by atoms with E-state index in [0.717, 1.165) is 13.0 Å². The molecular formula is C11H26N2O. The van der Waals surface area contributed by atoms with Gasteiger partial charge in [-0.15, -0.1) is 0 Å². The average molecular weight is 202 g/mol. The second-order valence-electron chi connectivity index (χ2n) is 4.70. The fourth-order valence-electron chi connectivity index (χ4n) is 1.52. The molecule has 86 valence electrons. The monoisotopic (exact) mass is 202 g/mol. The molecule has 0 rings (SSSR count). The Morgan fingerprint density at radius 1 is 1.50 bits per heavy atom. The van der Waals surface area contributed by atoms with E-state index >= 15 is 0 Å². The molecule has 0 aliphatic heterocycles. The topological polar surface area (TPSA) is 49.5 Å². The SMILES string of the molecule is CCCCN(C)C(C)CC(C)(N)CO. The molecule has 0 aromatic carbocycles. The summed E-state index contributed by atoms with van der Waals surface area (Å²) in [6.07, 6.45) is 3.28. The van der Waals surface area contributed by atoms with Gasteiger partial charge in [-0.25, -0.2) is 0 Å². The molecule has 2 atom stereocenters. The summed E-state index contributed by atoms with van der Waals surface area (Å²) in [5.74, 6) is 0. The van der Waals surface area contributed by atoms with Crippen molar-refractivity contribution in [2.75, 3.05) is 20.2 Å². The Hall–Kier alpha value is -0.120. The third-order valence-electron chi connectivity index (χ3n) is 2.74. The maximum atomic E-state index is 9.06. The molecule has 0 radical (unpaired) electrons. The molecule has 14 heavy (non-hydrogen) atoms. The van der Waals surface area contributed by atoms with Crippen molar-refractivity contribution in [1.82, 2.24) is 4.90 Å². The second-order valence-corrected chi connectivity index (χ2v) is 4.70. The molecule has 0 saturated heterocycles. The van der Waals surface area contributed by atoms with Crippen LogP contribution in [0.5, 0.6) is 0 Å². The van der Waals surface area contributed by atoms with Crippen LogP contribution >= 0.6 is 0 Å². The van der Waals surface area contributed by atoms with Crippen LogP contribution in [0.2, 0.25) is 0 Å². The lowest BCUT2D eigenvalue weighted by molar-refractivity contribution is 0.152. The number of hydrogen-bond acceptors (Lipinski definition) is 3. The van der Waals surface area contributed by atoms with Gasteiger partial charge in [-0.05, 0) is 40.3 Å². The highest BCUT2D eigenvalue weighted by molar-refractivity contribution is 4.82. The van der Waals surface area contributed by atoms with E-state index < -0.39 is 5.54 Å². The highest BCUT2D eigenvalue weighted by Crippen LogP contribution is 2.12. The number of nitrogens with zero attached hydrogens (tertiary/aromatic N) is 1. The Morgan fingerprint density at radius 3 is 2.50 bits per heavy atom. The Kier molecular flexibility index (Phi) is 6.33. The van der Waals surface area contributed by atoms with Crippen molar-refractivity contribution >= 4 is 0 Å². The van der Waals surface area contributed by atoms with E-state index in [2.05, 4.69) is 25.8 Å². The molecule has 0 aromatic rings. The maximum Gasteiger partial charge on any atom is 0.0609 e. The van der Waals surface area contributed by atoms with Gasteiger partial charge in [0, 0.05) is 11.6 Å². The second kappa shape index (κ2) is 6.38. The zero-order chi connectivity index (χ0) is 11.2. The summed E-state index contributed by atoms with van der Waals surface area (Å²) in [6.45, 7) is 7.42. The Labute approximate surface area is 88.3 Å². The highest BCUT2D eigenvalue weighted by Gasteiger charge is 2.22. The van der Waals surface area contributed by atoms with Gasteiger partial charge in [0.25, 0.3) is 0 Å². The molecule has 3 N–H and O–H groups in total. The number of aliphatic hydroxyl groups excluding tert-OH is 1. The predicted molar refractivity (Wildman–Crippen MR) is 61.3 cm³/mol. The van der Waals surface area contributed by atoms with E-state index in [1.165, 1.54) is 12.8 Å². The third-order valence-corrected chi connectivity index (χ3v) is 2.74. The fourth-order valence-corrected chi connectivity index (χ4v) is 1.52. The molecule has 0 saturated carbocycles. The molecule has 3 nitrogen and oxygen atoms in total. The Bertz CT molecular complexity index is 148. The van der Waals surface area contributed by atoms with Gasteiger partial charge < -0.3 is 15.7 Å². The van der Waals surface area contributed by atoms with Crippen LogP contribution in [0.25, 0.3) is 0 Å². The van der Waals surface area contributed by atoms with Crippen LogP contribution in [0.1, 0.15) is 40.0 Å². The van der Waals surface area contributed by atoms with Crippen molar-refractivity contribution in [3.63, 3.8) is 0 Å². The first-order valence-electron chi connectivity index (χ1n) is 5.53. The van der Waals surface area contributed by atoms with Gasteiger partial charge in [-0.3, -0.25) is 0 Å². The molecule has 0 heterocycles. The molecule has 3 heteroatoms. The lowest BCUT2D eigenvalue weighted by Gasteiger charge is -2.31. The molecule has 0 aromatic heterocycles. The maximum absolute atomic E-state index is 9.06. The number of hydrogen-bond donors (Lipinski definition) is 2. The lowest BCUT2D eigenvalue weighted by Crippen LogP contribution is -2.46. The minimum absolute atomic E-state index is 0.0545. The summed E-state index contributed by atoms with van der Waals surface area (Å²) >= 11 is 0. The van der Waals surface area contributed by atoms with Gasteiger partial charge in [0.2, 0.25) is 0 Å². The van der Waals surface area contributed by atoms with Crippen LogP contribution in [-0.2, 0) is 0 Å². The number of aliphatic hydroxyl groups is 1. The Balaban J connectivity index is 3.87. The van der Waals surface area contributed by atoms with Crippen molar-refractivity contribution in [3.05, 3.63) is 0 Å². The van der Waals surface area contributed by atoms with Crippen LogP contribution in [0, 0.1) is 0 Å². The van der Waals surface area contributed by atoms with E-state index in [1.807, 2.05) is 6.92 Å². The molecule has 0 bridgehead atoms. The van der Waals surface area contributed by atoms with Gasteiger partial charge in [0.1, 0.15) is 0 Å². The third kappa shape index (κ3) is 5.58. The van der Waals surface area contributed by atoms with Gasteiger partial charge in [-0.1, -0.05) is 13.3 Å². The van der Waals surface area contributed by atoms with Gasteiger partial charge in [0.15, 0.2) is 0 Å². The van der Waals surface area contributed by atoms with Crippen molar-refractivity contribution in [2.45, 2.75) is 51.6 Å². The highest BCUT2D eigenvalue weighted by atomic mass is 16.3. The first kappa shape index (κ1) is 13.9. The zero-order valence-electron chi connectivity index (χ0n) is 10.1. The fraction of sp³-hybridized carbons (Fsp3) is 1.00. The predicted octanol–water partition coefficient (Wildman–Crippen LogP) is 1.21. The minimum atomic E-state index is -0.445. The molecule has 0 aliphatic carbocycles.